The molecule has 0 amide bonds. The first-order valence-electron chi connectivity index (χ1n) is 5.28. The van der Waals surface area contributed by atoms with Gasteiger partial charge in [0.25, 0.3) is 0 Å². The van der Waals surface area contributed by atoms with Gasteiger partial charge in [0, 0.05) is 5.56 Å². The average Bonchev–Trinajstić information content (AvgIpc) is 2.28. The molecule has 0 aliphatic heterocycles. The van der Waals surface area contributed by atoms with Crippen LogP contribution in [0, 0.1) is 6.92 Å². The van der Waals surface area contributed by atoms with Crippen molar-refractivity contribution in [3.05, 3.63) is 53.1 Å². The second-order valence-corrected chi connectivity index (χ2v) is 5.89. The molecule has 0 aliphatic carbocycles. The van der Waals surface area contributed by atoms with Crippen LogP contribution in [0.3, 0.4) is 0 Å². The monoisotopic (exact) mass is 281 g/mol. The van der Waals surface area contributed by atoms with Crippen LogP contribution in [0.25, 0.3) is 11.1 Å². The van der Waals surface area contributed by atoms with Gasteiger partial charge in [0.05, 0.1) is 5.02 Å². The molecular weight excluding hydrogens is 270 g/mol. The van der Waals surface area contributed by atoms with E-state index in [1.165, 1.54) is 6.07 Å². The summed E-state index contributed by atoms with van der Waals surface area (Å²) in [5, 5.41) is 5.31. The molecule has 0 fully saturated rings. The van der Waals surface area contributed by atoms with Gasteiger partial charge in [-0.1, -0.05) is 48.0 Å². The van der Waals surface area contributed by atoms with Gasteiger partial charge in [-0.2, -0.15) is 0 Å². The summed E-state index contributed by atoms with van der Waals surface area (Å²) in [6.45, 7) is 1.88. The van der Waals surface area contributed by atoms with Crippen molar-refractivity contribution >= 4 is 21.6 Å². The molecule has 2 N–H and O–H groups in total. The summed E-state index contributed by atoms with van der Waals surface area (Å²) < 4.78 is 22.9. The lowest BCUT2D eigenvalue weighted by Gasteiger charge is -2.11. The predicted molar refractivity (Wildman–Crippen MR) is 73.0 cm³/mol. The van der Waals surface area contributed by atoms with Gasteiger partial charge in [0.15, 0.2) is 0 Å². The molecule has 5 heteroatoms. The summed E-state index contributed by atoms with van der Waals surface area (Å²) >= 11 is 6.17. The highest BCUT2D eigenvalue weighted by molar-refractivity contribution is 7.89. The van der Waals surface area contributed by atoms with Crippen LogP contribution >= 0.6 is 11.6 Å². The Morgan fingerprint density at radius 3 is 2.22 bits per heavy atom. The van der Waals surface area contributed by atoms with Crippen LogP contribution in [0.4, 0.5) is 0 Å². The van der Waals surface area contributed by atoms with Gasteiger partial charge in [-0.15, -0.1) is 0 Å². The predicted octanol–water partition coefficient (Wildman–Crippen LogP) is 2.96. The third kappa shape index (κ3) is 2.41. The number of rotatable bonds is 2. The molecule has 0 bridgehead atoms. The number of primary sulfonamides is 1. The first-order valence-corrected chi connectivity index (χ1v) is 7.21. The molecule has 0 saturated carbocycles. The van der Waals surface area contributed by atoms with Crippen LogP contribution in [-0.2, 0) is 10.0 Å². The van der Waals surface area contributed by atoms with Gasteiger partial charge in [-0.25, -0.2) is 13.6 Å². The number of hydrogen-bond acceptors (Lipinski definition) is 2. The van der Waals surface area contributed by atoms with E-state index in [2.05, 4.69) is 0 Å². The van der Waals surface area contributed by atoms with E-state index < -0.39 is 10.0 Å². The number of hydrogen-bond donors (Lipinski definition) is 1. The number of halogens is 1. The third-order valence-electron chi connectivity index (χ3n) is 2.68. The lowest BCUT2D eigenvalue weighted by molar-refractivity contribution is 0.598. The van der Waals surface area contributed by atoms with Crippen molar-refractivity contribution in [2.45, 2.75) is 11.8 Å². The maximum absolute atomic E-state index is 11.4. The quantitative estimate of drug-likeness (QED) is 0.920. The Kier molecular flexibility index (Phi) is 3.43. The van der Waals surface area contributed by atoms with Crippen molar-refractivity contribution in [2.24, 2.45) is 5.14 Å². The van der Waals surface area contributed by atoms with Crippen molar-refractivity contribution in [1.29, 1.82) is 0 Å². The van der Waals surface area contributed by atoms with E-state index in [4.69, 9.17) is 16.7 Å². The zero-order valence-electron chi connectivity index (χ0n) is 9.72. The summed E-state index contributed by atoms with van der Waals surface area (Å²) in [7, 11) is -3.81. The number of sulfonamides is 1. The molecule has 0 spiro atoms. The Hall–Kier alpha value is -1.36. The minimum Gasteiger partial charge on any atom is -0.225 e. The smallest absolute Gasteiger partial charge is 0.225 e. The van der Waals surface area contributed by atoms with E-state index in [9.17, 15) is 8.42 Å². The maximum Gasteiger partial charge on any atom is 0.239 e. The lowest BCUT2D eigenvalue weighted by Crippen LogP contribution is -2.13. The molecule has 2 aromatic carbocycles. The van der Waals surface area contributed by atoms with E-state index in [-0.39, 0.29) is 9.92 Å². The number of benzene rings is 2. The Bertz CT molecular complexity index is 682. The number of nitrogens with two attached hydrogens (primary N) is 1. The molecule has 0 aliphatic rings. The standard InChI is InChI=1S/C13H12ClNO2S/c1-9-7-8-11(18(15,16)17)13(14)12(9)10-5-3-2-4-6-10/h2-8H,1H3,(H2,15,16,17). The Morgan fingerprint density at radius 1 is 1.06 bits per heavy atom. The van der Waals surface area contributed by atoms with Gasteiger partial charge < -0.3 is 0 Å². The van der Waals surface area contributed by atoms with Crippen molar-refractivity contribution in [3.8, 4) is 11.1 Å². The van der Waals surface area contributed by atoms with Gasteiger partial charge >= 0.3 is 0 Å². The zero-order valence-corrected chi connectivity index (χ0v) is 11.3. The van der Waals surface area contributed by atoms with E-state index in [0.717, 1.165) is 11.1 Å². The molecule has 94 valence electrons. The van der Waals surface area contributed by atoms with Crippen molar-refractivity contribution in [2.75, 3.05) is 0 Å². The molecule has 2 aromatic rings. The Balaban J connectivity index is 2.76. The molecule has 0 unspecified atom stereocenters. The van der Waals surface area contributed by atoms with Gasteiger partial charge in [-0.05, 0) is 24.1 Å². The first-order chi connectivity index (χ1) is 8.41. The first kappa shape index (κ1) is 13.1. The van der Waals surface area contributed by atoms with E-state index in [0.29, 0.717) is 5.56 Å². The summed E-state index contributed by atoms with van der Waals surface area (Å²) in [6, 6.07) is 12.5. The Labute approximate surface area is 111 Å². The highest BCUT2D eigenvalue weighted by Gasteiger charge is 2.18. The SMILES string of the molecule is Cc1ccc(S(N)(=O)=O)c(Cl)c1-c1ccccc1. The van der Waals surface area contributed by atoms with Gasteiger partial charge in [0.2, 0.25) is 10.0 Å². The van der Waals surface area contributed by atoms with E-state index in [1.807, 2.05) is 37.3 Å². The van der Waals surface area contributed by atoms with Crippen molar-refractivity contribution in [1.82, 2.24) is 0 Å². The average molecular weight is 282 g/mol. The van der Waals surface area contributed by atoms with Crippen LogP contribution in [0.15, 0.2) is 47.4 Å². The van der Waals surface area contributed by atoms with Gasteiger partial charge in [0.1, 0.15) is 4.90 Å². The highest BCUT2D eigenvalue weighted by Crippen LogP contribution is 2.35. The van der Waals surface area contributed by atoms with Crippen LogP contribution in [0.5, 0.6) is 0 Å². The topological polar surface area (TPSA) is 60.2 Å². The second kappa shape index (κ2) is 4.72. The third-order valence-corrected chi connectivity index (χ3v) is 4.14. The summed E-state index contributed by atoms with van der Waals surface area (Å²) in [5.41, 5.74) is 2.47. The van der Waals surface area contributed by atoms with Crippen LogP contribution in [-0.4, -0.2) is 8.42 Å². The molecular formula is C13H12ClNO2S. The van der Waals surface area contributed by atoms with Crippen LogP contribution in [0.2, 0.25) is 5.02 Å². The fraction of sp³-hybridized carbons (Fsp3) is 0.0769. The minimum absolute atomic E-state index is 0.0476. The highest BCUT2D eigenvalue weighted by atomic mass is 35.5. The molecule has 0 saturated heterocycles. The molecule has 3 nitrogen and oxygen atoms in total. The molecule has 0 heterocycles. The fourth-order valence-corrected chi connectivity index (χ4v) is 3.09. The van der Waals surface area contributed by atoms with E-state index >= 15 is 0 Å². The molecule has 2 rings (SSSR count). The fourth-order valence-electron chi connectivity index (χ4n) is 1.83. The zero-order chi connectivity index (χ0) is 13.3. The lowest BCUT2D eigenvalue weighted by atomic mass is 10.0. The summed E-state index contributed by atoms with van der Waals surface area (Å²) in [6.07, 6.45) is 0. The van der Waals surface area contributed by atoms with Crippen LogP contribution in [0.1, 0.15) is 5.56 Å². The van der Waals surface area contributed by atoms with Crippen LogP contribution < -0.4 is 5.14 Å². The summed E-state index contributed by atoms with van der Waals surface area (Å²) in [5.74, 6) is 0. The molecule has 0 atom stereocenters. The summed E-state index contributed by atoms with van der Waals surface area (Å²) in [4.78, 5) is -0.0476. The largest absolute Gasteiger partial charge is 0.239 e. The second-order valence-electron chi connectivity index (χ2n) is 3.98. The Morgan fingerprint density at radius 2 is 1.67 bits per heavy atom. The molecule has 18 heavy (non-hydrogen) atoms. The number of aryl methyl sites for hydroxylation is 1. The molecule has 0 radical (unpaired) electrons. The normalized spacial score (nSPS) is 11.5. The molecule has 0 aromatic heterocycles. The van der Waals surface area contributed by atoms with Gasteiger partial charge in [-0.3, -0.25) is 0 Å². The van der Waals surface area contributed by atoms with Crippen molar-refractivity contribution < 1.29 is 8.42 Å². The minimum atomic E-state index is -3.81. The van der Waals surface area contributed by atoms with E-state index in [1.54, 1.807) is 6.07 Å². The maximum atomic E-state index is 11.4. The van der Waals surface area contributed by atoms with Crippen molar-refractivity contribution in [3.63, 3.8) is 0 Å².